The van der Waals surface area contributed by atoms with Crippen LogP contribution in [0.1, 0.15) is 51.9 Å². The van der Waals surface area contributed by atoms with Gasteiger partial charge in [0.15, 0.2) is 5.65 Å². The maximum atomic E-state index is 13.0. The van der Waals surface area contributed by atoms with Crippen molar-refractivity contribution in [1.82, 2.24) is 9.38 Å². The number of aromatic nitrogens is 2. The van der Waals surface area contributed by atoms with Gasteiger partial charge in [0.25, 0.3) is 46.4 Å². The lowest BCUT2D eigenvalue weighted by atomic mass is 10.1. The van der Waals surface area contributed by atoms with Crippen LogP contribution in [0.2, 0.25) is 5.02 Å². The SMILES string of the molecule is COc1cc2nc3c(C(N)=O)c(C)c(N=Nc4cc(C)c(N=Nc5cc(C)c(N=Nc6cc(C)c(N=Nc7ccc(Cl)cc7)cc6SCCCS(=O)(=O)O)cc5SCCCS(=O)(=O)O)cc4OCCCS(=O)(=O)O)c(O)n3c2cc1S(=O)(=O)O. The molecule has 34 heteroatoms. The molecular formula is C50H52ClN11O16S6. The fourth-order valence-electron chi connectivity index (χ4n) is 7.90. The summed E-state index contributed by atoms with van der Waals surface area (Å²) < 4.78 is 144. The van der Waals surface area contributed by atoms with Gasteiger partial charge in [-0.15, -0.1) is 44.0 Å². The number of carbonyl (C=O) groups is 1. The smallest absolute Gasteiger partial charge is 0.298 e. The number of azo groups is 4. The number of hydrogen-bond donors (Lipinski definition) is 6. The topological polar surface area (TPSA) is 415 Å². The molecule has 0 aliphatic carbocycles. The standard InChI is InChI=1S/C50H52ClN11O16S6/c1-27-19-37(58-61-47-30(4)46(48(52)63)49-53-36-23-42(77-5)45(84(74,75)76)26-40(36)62(49)50(47)64)41(78-13-6-16-81(65,66)67)22-33(27)56-59-38-21-29(3)35(25-44(38)80-15-8-18-83(71,72)73)57-60-39-20-28(2)34(55-54-32-11-9-31(51)10-12-32)24-43(39)79-14-7-17-82(68,69)70/h9-12,19-26,64H,6-8,13-18H2,1-5H3,(H2,52,63)(H,65,66,67)(H,68,69,70)(H,71,72,73)(H,74,75,76). The van der Waals surface area contributed by atoms with Crippen LogP contribution in [0.25, 0.3) is 16.7 Å². The van der Waals surface area contributed by atoms with Gasteiger partial charge in [0.05, 0.1) is 81.7 Å². The highest BCUT2D eigenvalue weighted by atomic mass is 35.5. The predicted molar refractivity (Wildman–Crippen MR) is 316 cm³/mol. The lowest BCUT2D eigenvalue weighted by Gasteiger charge is -2.13. The third-order valence-electron chi connectivity index (χ3n) is 12.0. The van der Waals surface area contributed by atoms with Gasteiger partial charge in [-0.3, -0.25) is 27.4 Å². The van der Waals surface area contributed by atoms with Gasteiger partial charge < -0.3 is 20.3 Å². The fraction of sp³-hybridized carbons (Fsp3) is 0.280. The average molecular weight is 1290 g/mol. The molecule has 7 rings (SSSR count). The predicted octanol–water partition coefficient (Wildman–Crippen LogP) is 12.5. The number of fused-ring (bicyclic) bond motifs is 3. The molecule has 0 aliphatic heterocycles. The van der Waals surface area contributed by atoms with Crippen LogP contribution >= 0.6 is 35.1 Å². The van der Waals surface area contributed by atoms with Crippen molar-refractivity contribution in [2.45, 2.75) is 61.6 Å². The third-order valence-corrected chi connectivity index (χ3v) is 17.8. The molecule has 446 valence electrons. The molecule has 0 fully saturated rings. The Balaban J connectivity index is 1.28. The zero-order valence-corrected chi connectivity index (χ0v) is 50.6. The number of rotatable bonds is 26. The highest BCUT2D eigenvalue weighted by molar-refractivity contribution is 7.99. The minimum Gasteiger partial charge on any atom is -0.495 e. The summed E-state index contributed by atoms with van der Waals surface area (Å²) in [4.78, 5) is 17.7. The van der Waals surface area contributed by atoms with Crippen LogP contribution in [0.15, 0.2) is 128 Å². The number of hydrogen-bond acceptors (Lipinski definition) is 23. The molecule has 1 amide bonds. The highest BCUT2D eigenvalue weighted by Crippen LogP contribution is 2.44. The number of nitrogens with zero attached hydrogens (tertiary/aromatic N) is 10. The summed E-state index contributed by atoms with van der Waals surface area (Å²) in [5.74, 6) is -3.27. The molecule has 5 aromatic carbocycles. The van der Waals surface area contributed by atoms with E-state index in [1.54, 1.807) is 69.3 Å². The van der Waals surface area contributed by atoms with Crippen molar-refractivity contribution in [3.05, 3.63) is 106 Å². The molecule has 0 saturated heterocycles. The molecule has 0 bridgehead atoms. The second-order valence-electron chi connectivity index (χ2n) is 18.3. The monoisotopic (exact) mass is 1290 g/mol. The molecule has 84 heavy (non-hydrogen) atoms. The van der Waals surface area contributed by atoms with Gasteiger partial charge in [0.2, 0.25) is 5.88 Å². The van der Waals surface area contributed by atoms with Crippen LogP contribution < -0.4 is 15.2 Å². The molecule has 2 heterocycles. The summed E-state index contributed by atoms with van der Waals surface area (Å²) in [5, 5.41) is 47.8. The summed E-state index contributed by atoms with van der Waals surface area (Å²) in [6.07, 6.45) is -0.0410. The van der Waals surface area contributed by atoms with Crippen LogP contribution in [-0.4, -0.2) is 115 Å². The molecule has 2 aromatic heterocycles. The Kier molecular flexibility index (Phi) is 20.7. The zero-order chi connectivity index (χ0) is 61.5. The first-order valence-corrected chi connectivity index (χ1v) is 33.1. The zero-order valence-electron chi connectivity index (χ0n) is 44.9. The quantitative estimate of drug-likeness (QED) is 0.0127. The number of benzene rings is 5. The van der Waals surface area contributed by atoms with E-state index in [-0.39, 0.29) is 99.4 Å². The minimum absolute atomic E-state index is 0.00484. The number of pyridine rings is 1. The number of aryl methyl sites for hydroxylation is 3. The number of thioether (sulfide) groups is 2. The van der Waals surface area contributed by atoms with Crippen LogP contribution in [0.4, 0.5) is 45.5 Å². The van der Waals surface area contributed by atoms with Crippen LogP contribution in [-0.2, 0) is 40.5 Å². The number of primary amides is 1. The van der Waals surface area contributed by atoms with Crippen LogP contribution in [0, 0.1) is 27.7 Å². The van der Waals surface area contributed by atoms with Gasteiger partial charge >= 0.3 is 0 Å². The molecule has 0 unspecified atom stereocenters. The second-order valence-corrected chi connectivity index (χ2v) is 27.2. The molecule has 27 nitrogen and oxygen atoms in total. The Labute approximate surface area is 495 Å². The summed E-state index contributed by atoms with van der Waals surface area (Å²) in [6, 6.07) is 18.5. The Morgan fingerprint density at radius 2 is 1.10 bits per heavy atom. The summed E-state index contributed by atoms with van der Waals surface area (Å²) in [6.45, 7) is 6.25. The van der Waals surface area contributed by atoms with E-state index in [0.717, 1.165) is 17.6 Å². The maximum absolute atomic E-state index is 13.0. The molecule has 0 aliphatic rings. The molecule has 0 spiro atoms. The summed E-state index contributed by atoms with van der Waals surface area (Å²) in [7, 11) is -16.7. The van der Waals surface area contributed by atoms with Crippen LogP contribution in [0.3, 0.4) is 0 Å². The number of amides is 1. The Bertz CT molecular complexity index is 4320. The van der Waals surface area contributed by atoms with Crippen molar-refractivity contribution < 1.29 is 71.3 Å². The van der Waals surface area contributed by atoms with Crippen molar-refractivity contribution in [2.24, 2.45) is 46.6 Å². The van der Waals surface area contributed by atoms with Crippen LogP contribution in [0.5, 0.6) is 17.4 Å². The summed E-state index contributed by atoms with van der Waals surface area (Å²) >= 11 is 8.47. The fourth-order valence-corrected chi connectivity index (χ4v) is 12.5. The van der Waals surface area contributed by atoms with E-state index in [1.165, 1.54) is 48.6 Å². The van der Waals surface area contributed by atoms with Crippen molar-refractivity contribution in [3.8, 4) is 17.4 Å². The minimum atomic E-state index is -4.90. The molecule has 0 atom stereocenters. The molecule has 7 N–H and O–H groups in total. The van der Waals surface area contributed by atoms with E-state index >= 15 is 0 Å². The average Bonchev–Trinajstić information content (AvgIpc) is 1.85. The first-order chi connectivity index (χ1) is 39.4. The third kappa shape index (κ3) is 17.1. The van der Waals surface area contributed by atoms with Crippen molar-refractivity contribution in [3.63, 3.8) is 0 Å². The van der Waals surface area contributed by atoms with E-state index in [1.807, 2.05) is 0 Å². The van der Waals surface area contributed by atoms with E-state index < -0.39 is 74.4 Å². The number of nitrogens with two attached hydrogens (primary N) is 1. The van der Waals surface area contributed by atoms with Gasteiger partial charge in [-0.25, -0.2) is 4.98 Å². The van der Waals surface area contributed by atoms with E-state index in [9.17, 15) is 61.8 Å². The van der Waals surface area contributed by atoms with Crippen molar-refractivity contribution in [1.29, 1.82) is 0 Å². The van der Waals surface area contributed by atoms with E-state index in [0.29, 0.717) is 54.3 Å². The van der Waals surface area contributed by atoms with Crippen molar-refractivity contribution >= 4 is 144 Å². The number of imidazole rings is 1. The Morgan fingerprint density at radius 3 is 1.60 bits per heavy atom. The highest BCUT2D eigenvalue weighted by Gasteiger charge is 2.27. The Hall–Kier alpha value is -7.05. The largest absolute Gasteiger partial charge is 0.495 e. The first kappa shape index (κ1) is 64.5. The number of halogens is 1. The van der Waals surface area contributed by atoms with Gasteiger partial charge in [0.1, 0.15) is 27.8 Å². The maximum Gasteiger partial charge on any atom is 0.298 e. The summed E-state index contributed by atoms with van der Waals surface area (Å²) in [5.41, 5.74) is 8.78. The van der Waals surface area contributed by atoms with Gasteiger partial charge in [-0.1, -0.05) is 11.6 Å². The van der Waals surface area contributed by atoms with E-state index in [2.05, 4.69) is 45.9 Å². The Morgan fingerprint density at radius 1 is 0.619 bits per heavy atom. The lowest BCUT2D eigenvalue weighted by Crippen LogP contribution is -2.15. The van der Waals surface area contributed by atoms with Gasteiger partial charge in [-0.2, -0.15) is 54.1 Å². The van der Waals surface area contributed by atoms with Crippen molar-refractivity contribution in [2.75, 3.05) is 42.5 Å². The normalized spacial score (nSPS) is 12.8. The van der Waals surface area contributed by atoms with Gasteiger partial charge in [0, 0.05) is 26.9 Å². The lowest BCUT2D eigenvalue weighted by molar-refractivity contribution is 0.100. The van der Waals surface area contributed by atoms with Gasteiger partial charge in [-0.05, 0) is 141 Å². The molecule has 7 aromatic rings. The second kappa shape index (κ2) is 26.9. The molecule has 0 saturated carbocycles. The first-order valence-electron chi connectivity index (χ1n) is 24.5. The molecular weight excluding hydrogens is 1240 g/mol. The number of methoxy groups -OCH3 is 1. The number of ether oxygens (including phenoxy) is 2. The number of carbonyl (C=O) groups excluding carboxylic acids is 1. The molecule has 0 radical (unpaired) electrons. The number of aromatic hydroxyl groups is 1. The van der Waals surface area contributed by atoms with E-state index in [4.69, 9.17) is 26.8 Å².